The topological polar surface area (TPSA) is 90.2 Å². The third-order valence-corrected chi connectivity index (χ3v) is 0.736. The lowest BCUT2D eigenvalue weighted by Gasteiger charge is -2.06. The van der Waals surface area contributed by atoms with Gasteiger partial charge in [-0.1, -0.05) is 0 Å². The minimum absolute atomic E-state index is 0.407. The number of hydrogen-bond donors (Lipinski definition) is 3. The molecule has 0 spiro atoms. The molecule has 0 bridgehead atoms. The smallest absolute Gasteiger partial charge is 0.0324 e. The fourth-order valence-electron chi connectivity index (χ4n) is 0.182. The van der Waals surface area contributed by atoms with E-state index in [1.54, 1.807) is 0 Å². The SMILES string of the molecule is NCCNNS(=O)[O-]. The van der Waals surface area contributed by atoms with Crippen molar-refractivity contribution in [1.82, 2.24) is 10.3 Å². The molecule has 4 N–H and O–H groups in total. The van der Waals surface area contributed by atoms with Gasteiger partial charge in [-0.25, -0.2) is 5.43 Å². The second-order valence-electron chi connectivity index (χ2n) is 1.05. The van der Waals surface area contributed by atoms with Gasteiger partial charge in [-0.2, -0.15) is 4.83 Å². The molecule has 0 aromatic carbocycles. The van der Waals surface area contributed by atoms with Crippen LogP contribution in [0.4, 0.5) is 0 Å². The third kappa shape index (κ3) is 5.99. The van der Waals surface area contributed by atoms with Crippen molar-refractivity contribution in [3.05, 3.63) is 0 Å². The van der Waals surface area contributed by atoms with Crippen LogP contribution in [-0.4, -0.2) is 21.9 Å². The molecular formula is C2H8N3O2S-. The molecular weight excluding hydrogens is 130 g/mol. The van der Waals surface area contributed by atoms with Crippen LogP contribution < -0.4 is 16.0 Å². The maximum atomic E-state index is 9.66. The van der Waals surface area contributed by atoms with Crippen LogP contribution in [0.1, 0.15) is 0 Å². The maximum absolute atomic E-state index is 9.66. The van der Waals surface area contributed by atoms with Crippen LogP contribution in [0.5, 0.6) is 0 Å². The zero-order valence-corrected chi connectivity index (χ0v) is 5.03. The lowest BCUT2D eigenvalue weighted by Crippen LogP contribution is -2.36. The lowest BCUT2D eigenvalue weighted by atomic mass is 10.7. The molecule has 0 saturated carbocycles. The second-order valence-corrected chi connectivity index (χ2v) is 1.73. The van der Waals surface area contributed by atoms with Crippen LogP contribution in [-0.2, 0) is 11.3 Å². The molecule has 0 aromatic rings. The van der Waals surface area contributed by atoms with E-state index >= 15 is 0 Å². The number of hydrogen-bond acceptors (Lipinski definition) is 4. The van der Waals surface area contributed by atoms with E-state index in [2.05, 4.69) is 5.43 Å². The average molecular weight is 138 g/mol. The summed E-state index contributed by atoms with van der Waals surface area (Å²) in [6, 6.07) is 0. The van der Waals surface area contributed by atoms with Gasteiger partial charge in [0.1, 0.15) is 0 Å². The number of nitrogens with one attached hydrogen (secondary N) is 2. The van der Waals surface area contributed by atoms with E-state index in [4.69, 9.17) is 5.73 Å². The molecule has 0 aliphatic heterocycles. The molecule has 1 unspecified atom stereocenters. The van der Waals surface area contributed by atoms with Gasteiger partial charge in [0.25, 0.3) is 0 Å². The zero-order valence-electron chi connectivity index (χ0n) is 4.22. The van der Waals surface area contributed by atoms with Gasteiger partial charge in [0.05, 0.1) is 0 Å². The van der Waals surface area contributed by atoms with Crippen LogP contribution in [0, 0.1) is 0 Å². The van der Waals surface area contributed by atoms with Gasteiger partial charge in [0, 0.05) is 24.4 Å². The van der Waals surface area contributed by atoms with E-state index in [-0.39, 0.29) is 0 Å². The van der Waals surface area contributed by atoms with E-state index in [1.165, 1.54) is 0 Å². The first-order valence-corrected chi connectivity index (χ1v) is 3.12. The summed E-state index contributed by atoms with van der Waals surface area (Å²) in [5.41, 5.74) is 7.36. The molecule has 1 atom stereocenters. The summed E-state index contributed by atoms with van der Waals surface area (Å²) in [5.74, 6) is 0. The molecule has 0 amide bonds. The Balaban J connectivity index is 2.82. The minimum atomic E-state index is -2.23. The molecule has 0 fully saturated rings. The standard InChI is InChI=1S/C2H9N3O2S/c3-1-2-4-5-8(6)7/h4-5H,1-3H2,(H,6,7)/p-1. The predicted molar refractivity (Wildman–Crippen MR) is 29.1 cm³/mol. The molecule has 0 rings (SSSR count). The summed E-state index contributed by atoms with van der Waals surface area (Å²) in [4.78, 5) is 1.93. The molecule has 5 nitrogen and oxygen atoms in total. The van der Waals surface area contributed by atoms with E-state index in [1.807, 2.05) is 4.83 Å². The van der Waals surface area contributed by atoms with Crippen molar-refractivity contribution >= 4 is 11.3 Å². The highest BCUT2D eigenvalue weighted by Gasteiger charge is 1.77. The summed E-state index contributed by atoms with van der Waals surface area (Å²) in [6.07, 6.45) is 0. The Bertz CT molecular complexity index is 77.7. The van der Waals surface area contributed by atoms with Crippen molar-refractivity contribution in [2.45, 2.75) is 0 Å². The van der Waals surface area contributed by atoms with Gasteiger partial charge in [-0.3, -0.25) is 4.21 Å². The summed E-state index contributed by atoms with van der Waals surface area (Å²) in [5, 5.41) is 0. The summed E-state index contributed by atoms with van der Waals surface area (Å²) in [6.45, 7) is 0.845. The molecule has 0 radical (unpaired) electrons. The first-order chi connectivity index (χ1) is 3.77. The molecule has 0 heterocycles. The predicted octanol–water partition coefficient (Wildman–Crippen LogP) is -2.17. The van der Waals surface area contributed by atoms with Crippen LogP contribution in [0.25, 0.3) is 0 Å². The molecule has 0 aliphatic carbocycles. The Labute approximate surface area is 50.0 Å². The average Bonchev–Trinajstić information content (AvgIpc) is 1.66. The molecule has 0 saturated heterocycles. The largest absolute Gasteiger partial charge is 0.759 e. The van der Waals surface area contributed by atoms with Crippen molar-refractivity contribution < 1.29 is 8.76 Å². The van der Waals surface area contributed by atoms with Crippen molar-refractivity contribution in [3.8, 4) is 0 Å². The van der Waals surface area contributed by atoms with E-state index in [0.717, 1.165) is 0 Å². The molecule has 6 heteroatoms. The van der Waals surface area contributed by atoms with Gasteiger partial charge < -0.3 is 10.3 Å². The van der Waals surface area contributed by atoms with E-state index in [0.29, 0.717) is 13.1 Å². The molecule has 8 heavy (non-hydrogen) atoms. The van der Waals surface area contributed by atoms with E-state index < -0.39 is 11.3 Å². The van der Waals surface area contributed by atoms with Crippen LogP contribution in [0.15, 0.2) is 0 Å². The van der Waals surface area contributed by atoms with Gasteiger partial charge in [0.15, 0.2) is 0 Å². The maximum Gasteiger partial charge on any atom is 0.0324 e. The Morgan fingerprint density at radius 3 is 2.75 bits per heavy atom. The monoisotopic (exact) mass is 138 g/mol. The fraction of sp³-hybridized carbons (Fsp3) is 1.00. The third-order valence-electron chi connectivity index (χ3n) is 0.425. The lowest BCUT2D eigenvalue weighted by molar-refractivity contribution is 0.505. The van der Waals surface area contributed by atoms with Gasteiger partial charge in [0.2, 0.25) is 0 Å². The Morgan fingerprint density at radius 1 is 1.75 bits per heavy atom. The van der Waals surface area contributed by atoms with Crippen LogP contribution in [0.3, 0.4) is 0 Å². The quantitative estimate of drug-likeness (QED) is 0.234. The highest BCUT2D eigenvalue weighted by Crippen LogP contribution is 1.52. The van der Waals surface area contributed by atoms with Crippen LogP contribution in [0.2, 0.25) is 0 Å². The Kier molecular flexibility index (Phi) is 5.13. The minimum Gasteiger partial charge on any atom is -0.759 e. The van der Waals surface area contributed by atoms with Gasteiger partial charge >= 0.3 is 0 Å². The summed E-state index contributed by atoms with van der Waals surface area (Å²) >= 11 is -2.23. The number of rotatable bonds is 4. The first-order valence-electron chi connectivity index (χ1n) is 2.05. The molecule has 0 aliphatic rings. The Morgan fingerprint density at radius 2 is 2.38 bits per heavy atom. The number of hydrazine groups is 1. The molecule has 50 valence electrons. The highest BCUT2D eigenvalue weighted by atomic mass is 32.2. The zero-order chi connectivity index (χ0) is 6.41. The van der Waals surface area contributed by atoms with Gasteiger partial charge in [-0.15, -0.1) is 0 Å². The highest BCUT2D eigenvalue weighted by molar-refractivity contribution is 7.76. The summed E-state index contributed by atoms with van der Waals surface area (Å²) < 4.78 is 19.3. The fourth-order valence-corrected chi connectivity index (χ4v) is 0.402. The Hall–Kier alpha value is -0.0100. The first kappa shape index (κ1) is 7.99. The van der Waals surface area contributed by atoms with Crippen molar-refractivity contribution in [2.75, 3.05) is 13.1 Å². The number of nitrogens with two attached hydrogens (primary N) is 1. The van der Waals surface area contributed by atoms with Crippen molar-refractivity contribution in [2.24, 2.45) is 5.73 Å². The molecule has 0 aromatic heterocycles. The summed E-state index contributed by atoms with van der Waals surface area (Å²) in [7, 11) is 0. The normalized spacial score (nSPS) is 13.8. The van der Waals surface area contributed by atoms with Crippen molar-refractivity contribution in [1.29, 1.82) is 0 Å². The second kappa shape index (κ2) is 5.13. The van der Waals surface area contributed by atoms with Gasteiger partial charge in [-0.05, 0) is 0 Å². The van der Waals surface area contributed by atoms with Crippen molar-refractivity contribution in [3.63, 3.8) is 0 Å². The van der Waals surface area contributed by atoms with E-state index in [9.17, 15) is 8.76 Å². The van der Waals surface area contributed by atoms with Crippen LogP contribution >= 0.6 is 0 Å².